The van der Waals surface area contributed by atoms with Crippen LogP contribution in [0.15, 0.2) is 30.3 Å². The van der Waals surface area contributed by atoms with Crippen LogP contribution >= 0.6 is 12.2 Å². The van der Waals surface area contributed by atoms with Gasteiger partial charge in [0.1, 0.15) is 5.82 Å². The van der Waals surface area contributed by atoms with Crippen molar-refractivity contribution in [1.82, 2.24) is 19.2 Å². The third-order valence-electron chi connectivity index (χ3n) is 4.86. The fourth-order valence-electron chi connectivity index (χ4n) is 3.40. The third kappa shape index (κ3) is 3.40. The van der Waals surface area contributed by atoms with E-state index in [1.165, 1.54) is 56.6 Å². The van der Waals surface area contributed by atoms with Gasteiger partial charge in [-0.25, -0.2) is 4.68 Å². The van der Waals surface area contributed by atoms with Crippen LogP contribution in [-0.2, 0) is 13.2 Å². The molecule has 122 valence electrons. The molecule has 2 aromatic rings. The van der Waals surface area contributed by atoms with Gasteiger partial charge >= 0.3 is 0 Å². The van der Waals surface area contributed by atoms with E-state index in [0.29, 0.717) is 5.92 Å². The van der Waals surface area contributed by atoms with E-state index in [1.54, 1.807) is 0 Å². The lowest BCUT2D eigenvalue weighted by atomic mass is 10.1. The van der Waals surface area contributed by atoms with Crippen LogP contribution in [0.1, 0.15) is 49.4 Å². The molecule has 23 heavy (non-hydrogen) atoms. The highest BCUT2D eigenvalue weighted by atomic mass is 32.1. The molecule has 0 atom stereocenters. The first-order valence-corrected chi connectivity index (χ1v) is 9.16. The van der Waals surface area contributed by atoms with Gasteiger partial charge in [0.05, 0.1) is 13.2 Å². The number of benzene rings is 1. The van der Waals surface area contributed by atoms with Crippen molar-refractivity contribution in [2.45, 2.75) is 51.2 Å². The Balaban J connectivity index is 1.60. The van der Waals surface area contributed by atoms with E-state index in [0.717, 1.165) is 18.0 Å². The summed E-state index contributed by atoms with van der Waals surface area (Å²) >= 11 is 5.76. The van der Waals surface area contributed by atoms with E-state index < -0.39 is 0 Å². The van der Waals surface area contributed by atoms with Gasteiger partial charge in [-0.05, 0) is 56.6 Å². The SMILES string of the molecule is S=c1n(CN2CCCCC2)nc(C2CC2)n1Cc1ccccc1. The third-order valence-corrected chi connectivity index (χ3v) is 5.29. The molecule has 4 rings (SSSR count). The first-order chi connectivity index (χ1) is 11.3. The van der Waals surface area contributed by atoms with Gasteiger partial charge in [0.25, 0.3) is 0 Å². The van der Waals surface area contributed by atoms with E-state index in [1.807, 2.05) is 0 Å². The summed E-state index contributed by atoms with van der Waals surface area (Å²) in [5, 5.41) is 4.90. The number of rotatable bonds is 5. The van der Waals surface area contributed by atoms with Crippen molar-refractivity contribution in [3.8, 4) is 0 Å². The van der Waals surface area contributed by atoms with Gasteiger partial charge in [-0.1, -0.05) is 36.8 Å². The number of aromatic nitrogens is 3. The maximum absolute atomic E-state index is 5.76. The van der Waals surface area contributed by atoms with Crippen molar-refractivity contribution in [1.29, 1.82) is 0 Å². The van der Waals surface area contributed by atoms with Gasteiger partial charge in [0.15, 0.2) is 4.77 Å². The number of hydrogen-bond acceptors (Lipinski definition) is 3. The largest absolute Gasteiger partial charge is 0.299 e. The van der Waals surface area contributed by atoms with Crippen molar-refractivity contribution >= 4 is 12.2 Å². The zero-order chi connectivity index (χ0) is 15.6. The molecule has 4 nitrogen and oxygen atoms in total. The van der Waals surface area contributed by atoms with Gasteiger partial charge < -0.3 is 0 Å². The number of nitrogens with zero attached hydrogens (tertiary/aromatic N) is 4. The van der Waals surface area contributed by atoms with E-state index in [4.69, 9.17) is 17.3 Å². The molecule has 1 aliphatic heterocycles. The first kappa shape index (κ1) is 15.1. The van der Waals surface area contributed by atoms with Crippen molar-refractivity contribution in [2.24, 2.45) is 0 Å². The molecule has 0 unspecified atom stereocenters. The van der Waals surface area contributed by atoms with Crippen molar-refractivity contribution < 1.29 is 0 Å². The minimum absolute atomic E-state index is 0.614. The van der Waals surface area contributed by atoms with E-state index >= 15 is 0 Å². The van der Waals surface area contributed by atoms with E-state index in [9.17, 15) is 0 Å². The van der Waals surface area contributed by atoms with Gasteiger partial charge in [-0.15, -0.1) is 0 Å². The quantitative estimate of drug-likeness (QED) is 0.781. The Morgan fingerprint density at radius 1 is 1.04 bits per heavy atom. The molecular weight excluding hydrogens is 304 g/mol. The average molecular weight is 328 g/mol. The van der Waals surface area contributed by atoms with Crippen LogP contribution in [0, 0.1) is 4.77 Å². The molecule has 1 aliphatic carbocycles. The number of hydrogen-bond donors (Lipinski definition) is 0. The topological polar surface area (TPSA) is 26.0 Å². The predicted molar refractivity (Wildman–Crippen MR) is 94.0 cm³/mol. The Labute approximate surface area is 142 Å². The lowest BCUT2D eigenvalue weighted by Crippen LogP contribution is -2.32. The lowest BCUT2D eigenvalue weighted by Gasteiger charge is -2.25. The summed E-state index contributed by atoms with van der Waals surface area (Å²) in [5.41, 5.74) is 1.29. The average Bonchev–Trinajstić information content (AvgIpc) is 3.39. The van der Waals surface area contributed by atoms with Crippen LogP contribution in [0.25, 0.3) is 0 Å². The van der Waals surface area contributed by atoms with Gasteiger partial charge in [-0.2, -0.15) is 5.10 Å². The van der Waals surface area contributed by atoms with Crippen LogP contribution in [-0.4, -0.2) is 32.3 Å². The van der Waals surface area contributed by atoms with Crippen LogP contribution in [0.3, 0.4) is 0 Å². The fraction of sp³-hybridized carbons (Fsp3) is 0.556. The molecule has 2 aliphatic rings. The normalized spacial score (nSPS) is 19.1. The van der Waals surface area contributed by atoms with Crippen LogP contribution in [0.2, 0.25) is 0 Å². The molecule has 1 aromatic heterocycles. The zero-order valence-electron chi connectivity index (χ0n) is 13.5. The van der Waals surface area contributed by atoms with Crippen molar-refractivity contribution in [3.05, 3.63) is 46.5 Å². The fourth-order valence-corrected chi connectivity index (χ4v) is 3.65. The molecule has 5 heteroatoms. The summed E-state index contributed by atoms with van der Waals surface area (Å²) in [5.74, 6) is 1.80. The van der Waals surface area contributed by atoms with Crippen molar-refractivity contribution in [2.75, 3.05) is 13.1 Å². The highest BCUT2D eigenvalue weighted by Crippen LogP contribution is 2.39. The van der Waals surface area contributed by atoms with Crippen LogP contribution in [0.5, 0.6) is 0 Å². The minimum atomic E-state index is 0.614. The number of likely N-dealkylation sites (tertiary alicyclic amines) is 1. The molecular formula is C18H24N4S. The second kappa shape index (κ2) is 6.57. The molecule has 2 fully saturated rings. The molecule has 1 saturated carbocycles. The van der Waals surface area contributed by atoms with E-state index in [2.05, 4.69) is 44.5 Å². The smallest absolute Gasteiger partial charge is 0.199 e. The summed E-state index contributed by atoms with van der Waals surface area (Å²) in [6.07, 6.45) is 6.47. The molecule has 0 bridgehead atoms. The Morgan fingerprint density at radius 2 is 1.78 bits per heavy atom. The zero-order valence-corrected chi connectivity index (χ0v) is 14.3. The molecule has 0 N–H and O–H groups in total. The van der Waals surface area contributed by atoms with Crippen LogP contribution < -0.4 is 0 Å². The molecule has 1 aromatic carbocycles. The maximum atomic E-state index is 5.76. The van der Waals surface area contributed by atoms with Gasteiger partial charge in [0, 0.05) is 5.92 Å². The first-order valence-electron chi connectivity index (χ1n) is 8.75. The molecule has 0 spiro atoms. The standard InChI is InChI=1S/C18H24N4S/c23-18-21(13-15-7-3-1-4-8-15)17(16-9-10-16)19-22(18)14-20-11-5-2-6-12-20/h1,3-4,7-8,16H,2,5-6,9-14H2. The Morgan fingerprint density at radius 3 is 2.48 bits per heavy atom. The maximum Gasteiger partial charge on any atom is 0.199 e. The molecule has 0 radical (unpaired) electrons. The minimum Gasteiger partial charge on any atom is -0.299 e. The monoisotopic (exact) mass is 328 g/mol. The van der Waals surface area contributed by atoms with E-state index in [-0.39, 0.29) is 0 Å². The molecule has 0 amide bonds. The Kier molecular flexibility index (Phi) is 4.31. The predicted octanol–water partition coefficient (Wildman–Crippen LogP) is 3.78. The summed E-state index contributed by atoms with van der Waals surface area (Å²) in [6, 6.07) is 10.6. The lowest BCUT2D eigenvalue weighted by molar-refractivity contribution is 0.171. The summed E-state index contributed by atoms with van der Waals surface area (Å²) in [4.78, 5) is 2.48. The van der Waals surface area contributed by atoms with Crippen LogP contribution in [0.4, 0.5) is 0 Å². The summed E-state index contributed by atoms with van der Waals surface area (Å²) in [6.45, 7) is 4.03. The second-order valence-electron chi connectivity index (χ2n) is 6.81. The summed E-state index contributed by atoms with van der Waals surface area (Å²) in [7, 11) is 0. The van der Waals surface area contributed by atoms with Gasteiger partial charge in [-0.3, -0.25) is 9.47 Å². The Bertz CT molecular complexity index is 708. The number of piperidine rings is 1. The molecule has 1 saturated heterocycles. The Hall–Kier alpha value is -1.46. The van der Waals surface area contributed by atoms with Crippen molar-refractivity contribution in [3.63, 3.8) is 0 Å². The summed E-state index contributed by atoms with van der Waals surface area (Å²) < 4.78 is 5.19. The highest BCUT2D eigenvalue weighted by molar-refractivity contribution is 7.71. The van der Waals surface area contributed by atoms with Gasteiger partial charge in [0.2, 0.25) is 0 Å². The highest BCUT2D eigenvalue weighted by Gasteiger charge is 2.30. The molecule has 2 heterocycles. The second-order valence-corrected chi connectivity index (χ2v) is 7.17.